The van der Waals surface area contributed by atoms with Gasteiger partial charge in [-0.15, -0.1) is 0 Å². The Hall–Kier alpha value is -3.42. The van der Waals surface area contributed by atoms with E-state index in [4.69, 9.17) is 9.26 Å². The van der Waals surface area contributed by atoms with Gasteiger partial charge in [-0.1, -0.05) is 30.3 Å². The van der Waals surface area contributed by atoms with E-state index in [-0.39, 0.29) is 19.2 Å². The largest absolute Gasteiger partial charge is 0.460 e. The van der Waals surface area contributed by atoms with E-state index in [1.807, 2.05) is 31.2 Å². The first-order valence-electron chi connectivity index (χ1n) is 8.72. The molecule has 0 atom stereocenters. The zero-order chi connectivity index (χ0) is 18.8. The molecule has 0 radical (unpaired) electrons. The lowest BCUT2D eigenvalue weighted by molar-refractivity contribution is 0.0515. The van der Waals surface area contributed by atoms with Crippen LogP contribution in [0.3, 0.4) is 0 Å². The molecule has 0 saturated heterocycles. The second-order valence-electron chi connectivity index (χ2n) is 6.13. The molecule has 1 N–H and O–H groups in total. The van der Waals surface area contributed by atoms with E-state index in [2.05, 4.69) is 15.5 Å². The van der Waals surface area contributed by atoms with E-state index in [9.17, 15) is 9.59 Å². The molecular formula is C19H18N4O4. The minimum Gasteiger partial charge on any atom is -0.460 e. The summed E-state index contributed by atoms with van der Waals surface area (Å²) in [5.41, 5.74) is 3.32. The predicted octanol–water partition coefficient (Wildman–Crippen LogP) is 2.67. The van der Waals surface area contributed by atoms with E-state index < -0.39 is 5.97 Å². The predicted molar refractivity (Wildman–Crippen MR) is 97.5 cm³/mol. The molecule has 4 rings (SSSR count). The number of amides is 2. The average molecular weight is 366 g/mol. The number of hydrogen-bond acceptors (Lipinski definition) is 6. The highest BCUT2D eigenvalue weighted by Crippen LogP contribution is 2.24. The molecule has 1 aliphatic rings. The molecule has 1 aliphatic heterocycles. The van der Waals surface area contributed by atoms with Gasteiger partial charge in [0.2, 0.25) is 0 Å². The minimum absolute atomic E-state index is 0.0723. The Morgan fingerprint density at radius 3 is 3.07 bits per heavy atom. The number of ether oxygens (including phenoxy) is 1. The summed E-state index contributed by atoms with van der Waals surface area (Å²) in [4.78, 5) is 30.2. The Bertz CT molecular complexity index is 1010. The maximum Gasteiger partial charge on any atom is 0.339 e. The number of aryl methyl sites for hydroxylation is 1. The number of pyridine rings is 1. The molecule has 0 fully saturated rings. The van der Waals surface area contributed by atoms with Gasteiger partial charge in [0.1, 0.15) is 6.61 Å². The van der Waals surface area contributed by atoms with Crippen LogP contribution in [-0.2, 0) is 17.7 Å². The van der Waals surface area contributed by atoms with Crippen LogP contribution < -0.4 is 10.2 Å². The summed E-state index contributed by atoms with van der Waals surface area (Å²) in [6.45, 7) is 2.78. The topological polar surface area (TPSA) is 97.6 Å². The zero-order valence-corrected chi connectivity index (χ0v) is 14.8. The molecule has 0 bridgehead atoms. The van der Waals surface area contributed by atoms with Crippen molar-refractivity contribution in [2.24, 2.45) is 0 Å². The first-order valence-corrected chi connectivity index (χ1v) is 8.72. The summed E-state index contributed by atoms with van der Waals surface area (Å²) in [5.74, 6) is -0.502. The van der Waals surface area contributed by atoms with Crippen molar-refractivity contribution in [3.05, 3.63) is 53.3 Å². The second kappa shape index (κ2) is 7.06. The van der Waals surface area contributed by atoms with Crippen molar-refractivity contribution in [2.45, 2.75) is 19.9 Å². The molecule has 0 saturated carbocycles. The first kappa shape index (κ1) is 17.0. The molecule has 2 amide bonds. The highest BCUT2D eigenvalue weighted by atomic mass is 16.5. The molecule has 8 heteroatoms. The van der Waals surface area contributed by atoms with Gasteiger partial charge in [0.05, 0.1) is 28.9 Å². The Labute approximate surface area is 155 Å². The Balaban J connectivity index is 1.43. The quantitative estimate of drug-likeness (QED) is 0.697. The van der Waals surface area contributed by atoms with Crippen molar-refractivity contribution >= 4 is 28.8 Å². The van der Waals surface area contributed by atoms with Gasteiger partial charge in [0, 0.05) is 12.7 Å². The van der Waals surface area contributed by atoms with E-state index in [1.165, 1.54) is 6.20 Å². The number of para-hydroxylation sites is 1. The van der Waals surface area contributed by atoms with Crippen LogP contribution in [0.2, 0.25) is 0 Å². The number of nitrogens with one attached hydrogen (secondary N) is 1. The third-order valence-electron chi connectivity index (χ3n) is 4.48. The van der Waals surface area contributed by atoms with Crippen LogP contribution in [0, 0.1) is 0 Å². The molecule has 0 aliphatic carbocycles. The number of hydrogen-bond donors (Lipinski definition) is 1. The molecule has 3 aromatic rings. The van der Waals surface area contributed by atoms with Gasteiger partial charge in [-0.3, -0.25) is 4.90 Å². The number of benzene rings is 1. The fourth-order valence-electron chi connectivity index (χ4n) is 3.08. The van der Waals surface area contributed by atoms with Crippen LogP contribution >= 0.6 is 0 Å². The van der Waals surface area contributed by atoms with Gasteiger partial charge in [0.15, 0.2) is 0 Å². The highest BCUT2D eigenvalue weighted by Gasteiger charge is 2.23. The molecule has 0 unspecified atom stereocenters. The van der Waals surface area contributed by atoms with Crippen molar-refractivity contribution in [1.29, 1.82) is 0 Å². The second-order valence-corrected chi connectivity index (χ2v) is 6.13. The number of carbonyl (C=O) groups is 2. The Kier molecular flexibility index (Phi) is 4.45. The molecule has 0 spiro atoms. The number of rotatable bonds is 5. The number of nitrogens with zero attached hydrogens (tertiary/aromatic N) is 3. The third kappa shape index (κ3) is 3.21. The number of urea groups is 1. The zero-order valence-electron chi connectivity index (χ0n) is 14.8. The Morgan fingerprint density at radius 1 is 1.37 bits per heavy atom. The molecule has 27 heavy (non-hydrogen) atoms. The first-order chi connectivity index (χ1) is 13.2. The number of esters is 1. The fraction of sp³-hybridized carbons (Fsp3) is 0.263. The summed E-state index contributed by atoms with van der Waals surface area (Å²) in [5, 5.41) is 7.44. The lowest BCUT2D eigenvalue weighted by Gasteiger charge is -2.29. The lowest BCUT2D eigenvalue weighted by Crippen LogP contribution is -2.45. The average Bonchev–Trinajstić information content (AvgIpc) is 3.11. The smallest absolute Gasteiger partial charge is 0.339 e. The van der Waals surface area contributed by atoms with Crippen molar-refractivity contribution in [3.8, 4) is 0 Å². The Morgan fingerprint density at radius 2 is 2.22 bits per heavy atom. The van der Waals surface area contributed by atoms with Crippen LogP contribution in [0.25, 0.3) is 11.1 Å². The third-order valence-corrected chi connectivity index (χ3v) is 4.48. The summed E-state index contributed by atoms with van der Waals surface area (Å²) >= 11 is 0. The van der Waals surface area contributed by atoms with Crippen molar-refractivity contribution in [1.82, 2.24) is 15.5 Å². The van der Waals surface area contributed by atoms with Crippen LogP contribution in [0.5, 0.6) is 0 Å². The summed E-state index contributed by atoms with van der Waals surface area (Å²) in [6, 6.07) is 9.10. The van der Waals surface area contributed by atoms with Crippen LogP contribution in [0.15, 0.2) is 41.1 Å². The van der Waals surface area contributed by atoms with Gasteiger partial charge in [-0.25, -0.2) is 14.6 Å². The monoisotopic (exact) mass is 366 g/mol. The van der Waals surface area contributed by atoms with Crippen LogP contribution in [0.4, 0.5) is 10.5 Å². The van der Waals surface area contributed by atoms with Crippen LogP contribution in [-0.4, -0.2) is 35.3 Å². The molecule has 8 nitrogen and oxygen atoms in total. The number of anilines is 1. The van der Waals surface area contributed by atoms with Crippen molar-refractivity contribution in [2.75, 3.05) is 18.1 Å². The minimum atomic E-state index is -0.502. The normalized spacial score (nSPS) is 13.4. The number of fused-ring (bicyclic) bond motifs is 2. The van der Waals surface area contributed by atoms with E-state index in [0.717, 1.165) is 16.9 Å². The summed E-state index contributed by atoms with van der Waals surface area (Å²) in [6.07, 6.45) is 2.08. The summed E-state index contributed by atoms with van der Waals surface area (Å²) < 4.78 is 10.5. The number of carbonyl (C=O) groups excluding carboxylic acids is 2. The van der Waals surface area contributed by atoms with Gasteiger partial charge in [-0.05, 0) is 24.1 Å². The van der Waals surface area contributed by atoms with Crippen molar-refractivity contribution in [3.63, 3.8) is 0 Å². The molecule has 2 aromatic heterocycles. The van der Waals surface area contributed by atoms with Gasteiger partial charge in [-0.2, -0.15) is 0 Å². The van der Waals surface area contributed by atoms with E-state index >= 15 is 0 Å². The summed E-state index contributed by atoms with van der Waals surface area (Å²) in [7, 11) is 0. The van der Waals surface area contributed by atoms with E-state index in [0.29, 0.717) is 29.6 Å². The SMILES string of the molecule is CCc1noc2ncc(C(=O)OCCN3C(=O)NCc4ccccc43)cc12. The number of aromatic nitrogens is 2. The van der Waals surface area contributed by atoms with Gasteiger partial charge < -0.3 is 14.6 Å². The molecule has 1 aromatic carbocycles. The molecule has 3 heterocycles. The fourth-order valence-corrected chi connectivity index (χ4v) is 3.08. The maximum atomic E-state index is 12.3. The van der Waals surface area contributed by atoms with Crippen molar-refractivity contribution < 1.29 is 18.8 Å². The molecular weight excluding hydrogens is 348 g/mol. The maximum absolute atomic E-state index is 12.3. The highest BCUT2D eigenvalue weighted by molar-refractivity contribution is 5.95. The van der Waals surface area contributed by atoms with Gasteiger partial charge in [0.25, 0.3) is 5.71 Å². The van der Waals surface area contributed by atoms with E-state index in [1.54, 1.807) is 11.0 Å². The standard InChI is InChI=1S/C19H18N4O4/c1-2-15-14-9-13(11-20-17(14)27-22-15)18(24)26-8-7-23-16-6-4-3-5-12(16)10-21-19(23)25/h3-6,9,11H,2,7-8,10H2,1H3,(H,21,25). The molecule has 138 valence electrons. The lowest BCUT2D eigenvalue weighted by atomic mass is 10.1. The van der Waals surface area contributed by atoms with Crippen LogP contribution in [0.1, 0.15) is 28.5 Å². The van der Waals surface area contributed by atoms with Gasteiger partial charge >= 0.3 is 12.0 Å².